The number of aromatic nitrogens is 2. The smallest absolute Gasteiger partial charge is 0.348 e. The number of benzene rings is 3. The topological polar surface area (TPSA) is 78.4 Å². The van der Waals surface area contributed by atoms with Gasteiger partial charge in [-0.2, -0.15) is 0 Å². The number of hydrogen-bond acceptors (Lipinski definition) is 10. The zero-order valence-electron chi connectivity index (χ0n) is 23.2. The highest BCUT2D eigenvalue weighted by atomic mass is 32.2. The maximum absolute atomic E-state index is 12.8. The van der Waals surface area contributed by atoms with Crippen LogP contribution in [0.1, 0.15) is 33.2 Å². The Bertz CT molecular complexity index is 2090. The quantitative estimate of drug-likeness (QED) is 0.102. The van der Waals surface area contributed by atoms with E-state index in [0.29, 0.717) is 23.0 Å². The number of thiophene rings is 2. The van der Waals surface area contributed by atoms with Crippen molar-refractivity contribution in [3.05, 3.63) is 58.3 Å². The first kappa shape index (κ1) is 27.4. The molecule has 7 rings (SSSR count). The monoisotopic (exact) mass is 628 g/mol. The molecule has 0 unspecified atom stereocenters. The molecule has 0 amide bonds. The van der Waals surface area contributed by atoms with Crippen molar-refractivity contribution in [2.45, 2.75) is 23.9 Å². The minimum absolute atomic E-state index is 0.319. The van der Waals surface area contributed by atoms with Crippen LogP contribution in [0.15, 0.2) is 58.6 Å². The summed E-state index contributed by atoms with van der Waals surface area (Å²) in [6, 6.07) is 16.3. The fourth-order valence-electron chi connectivity index (χ4n) is 5.65. The zero-order valence-corrected chi connectivity index (χ0v) is 26.5. The Morgan fingerprint density at radius 3 is 1.45 bits per heavy atom. The molecule has 4 aromatic heterocycles. The van der Waals surface area contributed by atoms with E-state index < -0.39 is 0 Å². The molecule has 0 N–H and O–H groups in total. The van der Waals surface area contributed by atoms with E-state index in [4.69, 9.17) is 19.4 Å². The highest BCUT2D eigenvalue weighted by Gasteiger charge is 2.22. The number of fused-ring (bicyclic) bond motifs is 11. The second kappa shape index (κ2) is 10.7. The number of nitrogens with zero attached hydrogens (tertiary/aromatic N) is 2. The van der Waals surface area contributed by atoms with Gasteiger partial charge in [0.2, 0.25) is 0 Å². The van der Waals surface area contributed by atoms with Crippen LogP contribution in [0.4, 0.5) is 0 Å². The molecule has 0 fully saturated rings. The average Bonchev–Trinajstić information content (AvgIpc) is 3.65. The summed E-state index contributed by atoms with van der Waals surface area (Å²) < 4.78 is 12.7. The van der Waals surface area contributed by atoms with Gasteiger partial charge in [-0.15, -0.1) is 46.2 Å². The van der Waals surface area contributed by atoms with E-state index in [9.17, 15) is 9.59 Å². The summed E-state index contributed by atoms with van der Waals surface area (Å²) >= 11 is 6.10. The third-order valence-corrected chi connectivity index (χ3v) is 10.9. The molecule has 0 aliphatic heterocycles. The van der Waals surface area contributed by atoms with Crippen molar-refractivity contribution in [2.24, 2.45) is 0 Å². The number of pyridine rings is 2. The van der Waals surface area contributed by atoms with Crippen LogP contribution in [0.25, 0.3) is 63.5 Å². The molecule has 4 heterocycles. The molecular weight excluding hydrogens is 605 g/mol. The molecule has 0 saturated heterocycles. The Hall–Kier alpha value is -3.44. The van der Waals surface area contributed by atoms with Crippen LogP contribution in [-0.2, 0) is 9.47 Å². The van der Waals surface area contributed by atoms with Crippen LogP contribution in [0, 0.1) is 0 Å². The fraction of sp³-hybridized carbons (Fsp3) is 0.188. The fourth-order valence-corrected chi connectivity index (χ4v) is 8.73. The van der Waals surface area contributed by atoms with Gasteiger partial charge < -0.3 is 9.47 Å². The number of ether oxygens (including phenoxy) is 2. The summed E-state index contributed by atoms with van der Waals surface area (Å²) in [5.41, 5.74) is 1.72. The van der Waals surface area contributed by atoms with Crippen molar-refractivity contribution < 1.29 is 19.1 Å². The average molecular weight is 629 g/mol. The van der Waals surface area contributed by atoms with Crippen LogP contribution >= 0.6 is 46.2 Å². The summed E-state index contributed by atoms with van der Waals surface area (Å²) in [6.07, 6.45) is 4.08. The normalized spacial score (nSPS) is 11.9. The van der Waals surface area contributed by atoms with Crippen molar-refractivity contribution in [1.29, 1.82) is 0 Å². The van der Waals surface area contributed by atoms with E-state index in [1.54, 1.807) is 23.5 Å². The molecule has 0 aliphatic rings. The van der Waals surface area contributed by atoms with Gasteiger partial charge in [0.05, 0.1) is 24.2 Å². The minimum atomic E-state index is -0.319. The second-order valence-corrected chi connectivity index (χ2v) is 13.3. The number of hydrogen-bond donors (Lipinski definition) is 0. The maximum Gasteiger partial charge on any atom is 0.348 e. The molecule has 6 nitrogen and oxygen atoms in total. The van der Waals surface area contributed by atoms with Crippen LogP contribution in [0.2, 0.25) is 0 Å². The molecule has 0 aliphatic carbocycles. The third-order valence-electron chi connectivity index (χ3n) is 7.31. The SMILES string of the molecule is CCOC(=O)c1cc2c(ccc3nc(SC)c4ccc5c(SC)nc6ccc7sc(C(=O)OCC)cc7c6c5c4c32)s1. The molecule has 210 valence electrons. The molecule has 3 aromatic carbocycles. The second-order valence-electron chi connectivity index (χ2n) is 9.56. The summed E-state index contributed by atoms with van der Waals surface area (Å²) in [7, 11) is 0. The Kier molecular flexibility index (Phi) is 6.97. The molecule has 0 radical (unpaired) electrons. The van der Waals surface area contributed by atoms with Gasteiger partial charge in [-0.25, -0.2) is 19.6 Å². The lowest BCUT2D eigenvalue weighted by molar-refractivity contribution is 0.0522. The van der Waals surface area contributed by atoms with E-state index in [0.717, 1.165) is 73.6 Å². The van der Waals surface area contributed by atoms with E-state index in [2.05, 4.69) is 12.1 Å². The van der Waals surface area contributed by atoms with Gasteiger partial charge in [0, 0.05) is 52.5 Å². The first-order chi connectivity index (χ1) is 20.5. The lowest BCUT2D eigenvalue weighted by Gasteiger charge is -2.15. The Labute approximate surface area is 257 Å². The third kappa shape index (κ3) is 4.15. The zero-order chi connectivity index (χ0) is 29.1. The maximum atomic E-state index is 12.8. The summed E-state index contributed by atoms with van der Waals surface area (Å²) in [6.45, 7) is 4.27. The molecule has 10 heteroatoms. The number of esters is 2. The summed E-state index contributed by atoms with van der Waals surface area (Å²) in [5, 5.41) is 10.0. The Morgan fingerprint density at radius 2 is 1.07 bits per heavy atom. The molecule has 7 aromatic rings. The minimum Gasteiger partial charge on any atom is -0.462 e. The molecule has 0 saturated carbocycles. The van der Waals surface area contributed by atoms with Crippen molar-refractivity contribution in [2.75, 3.05) is 25.7 Å². The number of rotatable bonds is 6. The van der Waals surface area contributed by atoms with E-state index in [1.807, 2.05) is 62.8 Å². The first-order valence-electron chi connectivity index (χ1n) is 13.4. The van der Waals surface area contributed by atoms with E-state index in [1.165, 1.54) is 22.7 Å². The van der Waals surface area contributed by atoms with Gasteiger partial charge in [-0.3, -0.25) is 0 Å². The largest absolute Gasteiger partial charge is 0.462 e. The Morgan fingerprint density at radius 1 is 0.643 bits per heavy atom. The van der Waals surface area contributed by atoms with E-state index >= 15 is 0 Å². The standard InChI is InChI=1S/C32H24N2O4S4/c1-5-37-31(35)23-13-17-21(41-23)11-9-19-25(17)27-15(29(33-19)39-3)7-8-16-28(27)26-18-14-24(32(36)38-6-2)42-22(18)12-10-20(26)34-30(16)40-4/h7-14H,5-6H2,1-4H3. The van der Waals surface area contributed by atoms with Crippen molar-refractivity contribution in [3.63, 3.8) is 0 Å². The number of carbonyl (C=O) groups excluding carboxylic acids is 2. The van der Waals surface area contributed by atoms with Crippen molar-refractivity contribution in [1.82, 2.24) is 9.97 Å². The molecular formula is C32H24N2O4S4. The van der Waals surface area contributed by atoms with Crippen LogP contribution in [-0.4, -0.2) is 47.6 Å². The lowest BCUT2D eigenvalue weighted by atomic mass is 9.94. The highest BCUT2D eigenvalue weighted by Crippen LogP contribution is 2.46. The molecule has 0 bridgehead atoms. The van der Waals surface area contributed by atoms with Gasteiger partial charge in [-0.1, -0.05) is 12.1 Å². The van der Waals surface area contributed by atoms with Gasteiger partial charge in [-0.05, 0) is 62.8 Å². The first-order valence-corrected chi connectivity index (χ1v) is 17.5. The van der Waals surface area contributed by atoms with Crippen LogP contribution in [0.5, 0.6) is 0 Å². The summed E-state index contributed by atoms with van der Waals surface area (Å²) in [4.78, 5) is 36.8. The van der Waals surface area contributed by atoms with Crippen LogP contribution < -0.4 is 0 Å². The summed E-state index contributed by atoms with van der Waals surface area (Å²) in [5.74, 6) is -0.638. The van der Waals surface area contributed by atoms with Crippen molar-refractivity contribution in [3.8, 4) is 0 Å². The molecule has 0 atom stereocenters. The lowest BCUT2D eigenvalue weighted by Crippen LogP contribution is -2.01. The van der Waals surface area contributed by atoms with Gasteiger partial charge >= 0.3 is 11.9 Å². The van der Waals surface area contributed by atoms with Gasteiger partial charge in [0.25, 0.3) is 0 Å². The highest BCUT2D eigenvalue weighted by molar-refractivity contribution is 7.99. The number of carbonyl (C=O) groups is 2. The molecule has 42 heavy (non-hydrogen) atoms. The predicted molar refractivity (Wildman–Crippen MR) is 178 cm³/mol. The van der Waals surface area contributed by atoms with Gasteiger partial charge in [0.15, 0.2) is 0 Å². The predicted octanol–water partition coefficient (Wildman–Crippen LogP) is 9.32. The molecule has 0 spiro atoms. The van der Waals surface area contributed by atoms with E-state index in [-0.39, 0.29) is 11.9 Å². The Balaban J connectivity index is 1.73. The van der Waals surface area contributed by atoms with Gasteiger partial charge in [0.1, 0.15) is 19.8 Å². The van der Waals surface area contributed by atoms with Crippen molar-refractivity contribution >= 4 is 122 Å². The van der Waals surface area contributed by atoms with Crippen LogP contribution in [0.3, 0.4) is 0 Å². The number of thioether (sulfide) groups is 2.